The maximum Gasteiger partial charge on any atom is 0.237 e. The van der Waals surface area contributed by atoms with E-state index in [1.54, 1.807) is 0 Å². The standard InChI is InChI=1S/C21H26N2O2/c1-2-18(24)14-22-15-20(25)23-13-12-16-8-6-7-11-19(16)21(23)17-9-4-3-5-10-17/h3-11,18,21-22,24H,2,12-15H2,1H3. The van der Waals surface area contributed by atoms with Crippen molar-refractivity contribution >= 4 is 5.91 Å². The van der Waals surface area contributed by atoms with Crippen LogP contribution in [0.5, 0.6) is 0 Å². The first kappa shape index (κ1) is 17.6. The second-order valence-corrected chi connectivity index (χ2v) is 6.54. The van der Waals surface area contributed by atoms with E-state index < -0.39 is 6.10 Å². The highest BCUT2D eigenvalue weighted by Crippen LogP contribution is 2.34. The maximum absolute atomic E-state index is 12.8. The van der Waals surface area contributed by atoms with Gasteiger partial charge in [-0.05, 0) is 29.5 Å². The fourth-order valence-corrected chi connectivity index (χ4v) is 3.42. The van der Waals surface area contributed by atoms with E-state index in [4.69, 9.17) is 0 Å². The number of hydrogen-bond donors (Lipinski definition) is 2. The van der Waals surface area contributed by atoms with Crippen LogP contribution in [-0.4, -0.2) is 41.7 Å². The van der Waals surface area contributed by atoms with Crippen LogP contribution in [0.15, 0.2) is 54.6 Å². The van der Waals surface area contributed by atoms with Gasteiger partial charge >= 0.3 is 0 Å². The molecule has 0 spiro atoms. The topological polar surface area (TPSA) is 52.6 Å². The molecule has 1 heterocycles. The second-order valence-electron chi connectivity index (χ2n) is 6.54. The highest BCUT2D eigenvalue weighted by atomic mass is 16.3. The van der Waals surface area contributed by atoms with Crippen molar-refractivity contribution in [3.05, 3.63) is 71.3 Å². The van der Waals surface area contributed by atoms with E-state index in [0.717, 1.165) is 12.0 Å². The molecule has 2 atom stereocenters. The SMILES string of the molecule is CCC(O)CNCC(=O)N1CCc2ccccc2C1c1ccccc1. The largest absolute Gasteiger partial charge is 0.392 e. The molecule has 1 aliphatic heterocycles. The molecule has 1 aliphatic rings. The molecule has 2 aromatic carbocycles. The van der Waals surface area contributed by atoms with Gasteiger partial charge in [-0.2, -0.15) is 0 Å². The van der Waals surface area contributed by atoms with Gasteiger partial charge in [-0.15, -0.1) is 0 Å². The lowest BCUT2D eigenvalue weighted by Crippen LogP contribution is -2.45. The van der Waals surface area contributed by atoms with E-state index in [1.165, 1.54) is 11.1 Å². The third-order valence-electron chi connectivity index (χ3n) is 4.85. The van der Waals surface area contributed by atoms with Gasteiger partial charge in [-0.25, -0.2) is 0 Å². The van der Waals surface area contributed by atoms with Crippen LogP contribution in [0.4, 0.5) is 0 Å². The van der Waals surface area contributed by atoms with Gasteiger partial charge in [0.1, 0.15) is 0 Å². The van der Waals surface area contributed by atoms with Gasteiger partial charge in [0.15, 0.2) is 0 Å². The van der Waals surface area contributed by atoms with Crippen LogP contribution in [0.2, 0.25) is 0 Å². The first-order chi connectivity index (χ1) is 12.2. The maximum atomic E-state index is 12.8. The monoisotopic (exact) mass is 338 g/mol. The summed E-state index contributed by atoms with van der Waals surface area (Å²) in [6.07, 6.45) is 1.16. The molecule has 132 valence electrons. The molecule has 2 unspecified atom stereocenters. The van der Waals surface area contributed by atoms with Crippen LogP contribution < -0.4 is 5.32 Å². The van der Waals surface area contributed by atoms with Crippen molar-refractivity contribution in [1.29, 1.82) is 0 Å². The number of nitrogens with zero attached hydrogens (tertiary/aromatic N) is 1. The number of carbonyl (C=O) groups is 1. The van der Waals surface area contributed by atoms with Gasteiger partial charge in [0.05, 0.1) is 18.7 Å². The Hall–Kier alpha value is -2.17. The molecule has 3 rings (SSSR count). The molecular weight excluding hydrogens is 312 g/mol. The molecule has 0 radical (unpaired) electrons. The quantitative estimate of drug-likeness (QED) is 0.851. The van der Waals surface area contributed by atoms with Crippen molar-refractivity contribution < 1.29 is 9.90 Å². The average molecular weight is 338 g/mol. The Morgan fingerprint density at radius 1 is 1.20 bits per heavy atom. The molecule has 4 heteroatoms. The van der Waals surface area contributed by atoms with Crippen molar-refractivity contribution in [3.8, 4) is 0 Å². The number of rotatable bonds is 6. The molecule has 0 bridgehead atoms. The van der Waals surface area contributed by atoms with Crippen LogP contribution >= 0.6 is 0 Å². The van der Waals surface area contributed by atoms with E-state index in [-0.39, 0.29) is 18.5 Å². The first-order valence-corrected chi connectivity index (χ1v) is 9.01. The second kappa shape index (κ2) is 8.28. The number of nitrogens with one attached hydrogen (secondary N) is 1. The van der Waals surface area contributed by atoms with Crippen molar-refractivity contribution in [2.45, 2.75) is 31.9 Å². The number of aliphatic hydroxyl groups excluding tert-OH is 1. The fourth-order valence-electron chi connectivity index (χ4n) is 3.42. The van der Waals surface area contributed by atoms with Gasteiger partial charge in [0.25, 0.3) is 0 Å². The summed E-state index contributed by atoms with van der Waals surface area (Å²) in [5, 5.41) is 12.7. The van der Waals surface area contributed by atoms with Crippen molar-refractivity contribution in [2.75, 3.05) is 19.6 Å². The number of aliphatic hydroxyl groups is 1. The van der Waals surface area contributed by atoms with Gasteiger partial charge in [-0.3, -0.25) is 4.79 Å². The molecule has 0 fully saturated rings. The van der Waals surface area contributed by atoms with Gasteiger partial charge in [0, 0.05) is 13.1 Å². The number of amides is 1. The molecule has 0 aromatic heterocycles. The van der Waals surface area contributed by atoms with Gasteiger partial charge in [0.2, 0.25) is 5.91 Å². The number of carbonyl (C=O) groups excluding carboxylic acids is 1. The number of fused-ring (bicyclic) bond motifs is 1. The summed E-state index contributed by atoms with van der Waals surface area (Å²) < 4.78 is 0. The Balaban J connectivity index is 1.82. The Kier molecular flexibility index (Phi) is 5.84. The van der Waals surface area contributed by atoms with Crippen LogP contribution in [0.25, 0.3) is 0 Å². The average Bonchev–Trinajstić information content (AvgIpc) is 2.67. The molecular formula is C21H26N2O2. The normalized spacial score (nSPS) is 17.8. The molecule has 0 saturated carbocycles. The minimum Gasteiger partial charge on any atom is -0.392 e. The van der Waals surface area contributed by atoms with Crippen LogP contribution in [0.3, 0.4) is 0 Å². The van der Waals surface area contributed by atoms with E-state index in [2.05, 4.69) is 35.6 Å². The number of benzene rings is 2. The molecule has 1 amide bonds. The lowest BCUT2D eigenvalue weighted by Gasteiger charge is -2.38. The smallest absolute Gasteiger partial charge is 0.237 e. The summed E-state index contributed by atoms with van der Waals surface area (Å²) in [5.74, 6) is 0.0756. The Labute approximate surface area is 149 Å². The molecule has 2 aromatic rings. The minimum absolute atomic E-state index is 0.0449. The highest BCUT2D eigenvalue weighted by molar-refractivity contribution is 5.79. The zero-order valence-electron chi connectivity index (χ0n) is 14.7. The first-order valence-electron chi connectivity index (χ1n) is 9.01. The van der Waals surface area contributed by atoms with Crippen molar-refractivity contribution in [2.24, 2.45) is 0 Å². The predicted molar refractivity (Wildman–Crippen MR) is 99.3 cm³/mol. The molecule has 25 heavy (non-hydrogen) atoms. The summed E-state index contributed by atoms with van der Waals surface area (Å²) in [6.45, 7) is 3.35. The Morgan fingerprint density at radius 2 is 1.92 bits per heavy atom. The van der Waals surface area contributed by atoms with E-state index in [1.807, 2.05) is 36.1 Å². The molecule has 0 aliphatic carbocycles. The lowest BCUT2D eigenvalue weighted by molar-refractivity contribution is -0.132. The summed E-state index contributed by atoms with van der Waals surface area (Å²) in [4.78, 5) is 14.8. The van der Waals surface area contributed by atoms with Crippen LogP contribution in [0.1, 0.15) is 36.1 Å². The van der Waals surface area contributed by atoms with Crippen LogP contribution in [-0.2, 0) is 11.2 Å². The van der Waals surface area contributed by atoms with Gasteiger partial charge < -0.3 is 15.3 Å². The van der Waals surface area contributed by atoms with Gasteiger partial charge in [-0.1, -0.05) is 61.5 Å². The Morgan fingerprint density at radius 3 is 2.68 bits per heavy atom. The molecule has 2 N–H and O–H groups in total. The summed E-state index contributed by atoms with van der Waals surface area (Å²) in [5.41, 5.74) is 3.66. The number of hydrogen-bond acceptors (Lipinski definition) is 3. The van der Waals surface area contributed by atoms with E-state index >= 15 is 0 Å². The predicted octanol–water partition coefficient (Wildman–Crippen LogP) is 2.52. The zero-order valence-corrected chi connectivity index (χ0v) is 14.7. The van der Waals surface area contributed by atoms with Crippen molar-refractivity contribution in [3.63, 3.8) is 0 Å². The molecule has 4 nitrogen and oxygen atoms in total. The summed E-state index contributed by atoms with van der Waals surface area (Å²) in [6, 6.07) is 18.5. The summed E-state index contributed by atoms with van der Waals surface area (Å²) >= 11 is 0. The third kappa shape index (κ3) is 4.09. The molecule has 0 saturated heterocycles. The fraction of sp³-hybridized carbons (Fsp3) is 0.381. The zero-order chi connectivity index (χ0) is 17.6. The van der Waals surface area contributed by atoms with Crippen molar-refractivity contribution in [1.82, 2.24) is 10.2 Å². The lowest BCUT2D eigenvalue weighted by atomic mass is 9.88. The minimum atomic E-state index is -0.403. The highest BCUT2D eigenvalue weighted by Gasteiger charge is 2.31. The van der Waals surface area contributed by atoms with Crippen LogP contribution in [0, 0.1) is 0 Å². The Bertz CT molecular complexity index is 702. The summed E-state index contributed by atoms with van der Waals surface area (Å²) in [7, 11) is 0. The van der Waals surface area contributed by atoms with E-state index in [0.29, 0.717) is 19.5 Å². The van der Waals surface area contributed by atoms with E-state index in [9.17, 15) is 9.90 Å². The third-order valence-corrected chi connectivity index (χ3v) is 4.85.